The normalized spacial score (nSPS) is 14.6. The Labute approximate surface area is 329 Å². The third-order valence-electron chi connectivity index (χ3n) is 8.75. The molecule has 0 aliphatic carbocycles. The summed E-state index contributed by atoms with van der Waals surface area (Å²) in [6, 6.07) is 6.19. The maximum Gasteiger partial charge on any atom is 0.328 e. The van der Waals surface area contributed by atoms with Crippen molar-refractivity contribution in [1.29, 1.82) is 0 Å². The van der Waals surface area contributed by atoms with Gasteiger partial charge in [0.2, 0.25) is 5.88 Å². The molecule has 1 fully saturated rings. The Balaban J connectivity index is 0.973. The summed E-state index contributed by atoms with van der Waals surface area (Å²) in [6.45, 7) is 10.2. The molecule has 1 saturated heterocycles. The smallest absolute Gasteiger partial charge is 0.328 e. The molecule has 17 nitrogen and oxygen atoms in total. The first kappa shape index (κ1) is 44.8. The van der Waals surface area contributed by atoms with E-state index in [4.69, 9.17) is 48.0 Å². The minimum Gasteiger partial charge on any atom is -0.478 e. The topological polar surface area (TPSA) is 190 Å². The van der Waals surface area contributed by atoms with Crippen molar-refractivity contribution in [2.75, 3.05) is 122 Å². The highest BCUT2D eigenvalue weighted by Crippen LogP contribution is 2.29. The number of piperidine rings is 1. The molecule has 0 unspecified atom stereocenters. The van der Waals surface area contributed by atoms with Gasteiger partial charge in [0.25, 0.3) is 0 Å². The molecule has 0 aromatic carbocycles. The van der Waals surface area contributed by atoms with Crippen LogP contribution in [0.4, 0.5) is 11.6 Å². The number of carbonyl (C=O) groups is 1. The van der Waals surface area contributed by atoms with Gasteiger partial charge >= 0.3 is 5.97 Å². The maximum atomic E-state index is 10.3. The van der Waals surface area contributed by atoms with Crippen LogP contribution in [-0.2, 0) is 50.9 Å². The summed E-state index contributed by atoms with van der Waals surface area (Å²) >= 11 is 0. The Morgan fingerprint density at radius 3 is 2.05 bits per heavy atom. The number of carboxylic acids is 1. The second kappa shape index (κ2) is 27.6. The zero-order chi connectivity index (χ0) is 39.5. The van der Waals surface area contributed by atoms with Crippen molar-refractivity contribution >= 4 is 23.3 Å². The average Bonchev–Trinajstić information content (AvgIpc) is 3.64. The number of ether oxygens (including phenoxy) is 8. The highest BCUT2D eigenvalue weighted by Gasteiger charge is 2.25. The van der Waals surface area contributed by atoms with Gasteiger partial charge < -0.3 is 58.3 Å². The lowest BCUT2D eigenvalue weighted by Gasteiger charge is -2.36. The molecule has 0 amide bonds. The molecule has 0 spiro atoms. The lowest BCUT2D eigenvalue weighted by atomic mass is 9.99. The number of aliphatic carboxylic acids is 1. The van der Waals surface area contributed by atoms with E-state index in [1.54, 1.807) is 6.20 Å². The lowest BCUT2D eigenvalue weighted by molar-refractivity contribution is -0.131. The van der Waals surface area contributed by atoms with E-state index in [2.05, 4.69) is 33.3 Å². The minimum atomic E-state index is -0.995. The van der Waals surface area contributed by atoms with Crippen LogP contribution in [0.25, 0.3) is 5.65 Å². The van der Waals surface area contributed by atoms with E-state index in [0.29, 0.717) is 105 Å². The largest absolute Gasteiger partial charge is 0.478 e. The molecule has 1 atom stereocenters. The lowest BCUT2D eigenvalue weighted by Crippen LogP contribution is -2.40. The van der Waals surface area contributed by atoms with Gasteiger partial charge in [0.15, 0.2) is 5.65 Å². The molecule has 0 radical (unpaired) electrons. The number of aromatic nitrogens is 4. The highest BCUT2D eigenvalue weighted by molar-refractivity contribution is 5.79. The Hall–Kier alpha value is -3.94. The minimum absolute atomic E-state index is 0.171. The number of nitrogens with one attached hydrogen (secondary N) is 1. The van der Waals surface area contributed by atoms with E-state index in [1.807, 2.05) is 22.8 Å². The molecule has 17 heteroatoms. The third-order valence-corrected chi connectivity index (χ3v) is 8.75. The van der Waals surface area contributed by atoms with E-state index in [1.165, 1.54) is 12.5 Å². The molecule has 312 valence electrons. The summed E-state index contributed by atoms with van der Waals surface area (Å²) in [5.41, 5.74) is 2.96. The fourth-order valence-corrected chi connectivity index (χ4v) is 5.89. The van der Waals surface area contributed by atoms with Crippen molar-refractivity contribution in [3.05, 3.63) is 53.9 Å². The standard InChI is InChI=1S/C39H60N6O11/c1-2-33-31-42-45-35(28-36(43-39(33)45)44-11-4-3-6-34(44)10-12-46)40-29-32-8-9-37(41-30-32)56-27-26-55-25-24-54-23-22-53-21-20-52-19-18-51-17-16-50-15-14-49-13-5-7-38(47)48/h5,7-9,28,30-31,34,40,46H,2-4,6,10-27,29H2,1H3,(H,47,48)/b7-5+/t34-/m0/s1. The molecule has 0 bridgehead atoms. The van der Waals surface area contributed by atoms with Crippen LogP contribution in [0.2, 0.25) is 0 Å². The Morgan fingerprint density at radius 1 is 0.857 bits per heavy atom. The van der Waals surface area contributed by atoms with Gasteiger partial charge in [-0.05, 0) is 37.7 Å². The number of hydrogen-bond donors (Lipinski definition) is 3. The van der Waals surface area contributed by atoms with Gasteiger partial charge in [-0.15, -0.1) is 0 Å². The summed E-state index contributed by atoms with van der Waals surface area (Å²) in [7, 11) is 0. The first-order valence-corrected chi connectivity index (χ1v) is 19.6. The van der Waals surface area contributed by atoms with Crippen LogP contribution < -0.4 is 15.0 Å². The first-order chi connectivity index (χ1) is 27.6. The second-order valence-corrected chi connectivity index (χ2v) is 12.8. The SMILES string of the molecule is CCc1cnn2c(NCc3ccc(OCCOCCOCCOCCOCCOCCOCCOC/C=C/C(=O)O)nc3)cc(N3CCCC[C@H]3CCO)nc12. The Bertz CT molecular complexity index is 1530. The van der Waals surface area contributed by atoms with E-state index in [9.17, 15) is 9.90 Å². The van der Waals surface area contributed by atoms with Crippen molar-refractivity contribution in [3.8, 4) is 5.88 Å². The molecule has 1 aliphatic rings. The van der Waals surface area contributed by atoms with Crippen LogP contribution in [0.1, 0.15) is 43.7 Å². The van der Waals surface area contributed by atoms with Gasteiger partial charge in [0, 0.05) is 55.7 Å². The number of aryl methyl sites for hydroxylation is 1. The first-order valence-electron chi connectivity index (χ1n) is 19.6. The molecule has 4 rings (SSSR count). The summed E-state index contributed by atoms with van der Waals surface area (Å²) < 4.78 is 45.8. The zero-order valence-electron chi connectivity index (χ0n) is 32.7. The summed E-state index contributed by atoms with van der Waals surface area (Å²) in [6.07, 6.45) is 11.1. The average molecular weight is 789 g/mol. The number of carboxylic acid groups (broad SMARTS) is 1. The monoisotopic (exact) mass is 788 g/mol. The Morgan fingerprint density at radius 2 is 1.48 bits per heavy atom. The molecule has 3 aromatic rings. The molecule has 3 N–H and O–H groups in total. The van der Waals surface area contributed by atoms with Gasteiger partial charge in [-0.1, -0.05) is 19.1 Å². The predicted molar refractivity (Wildman–Crippen MR) is 209 cm³/mol. The number of aliphatic hydroxyl groups is 1. The quantitative estimate of drug-likeness (QED) is 0.0617. The maximum absolute atomic E-state index is 10.3. The molecule has 56 heavy (non-hydrogen) atoms. The zero-order valence-corrected chi connectivity index (χ0v) is 32.7. The number of nitrogens with zero attached hydrogens (tertiary/aromatic N) is 5. The molecular formula is C39H60N6O11. The van der Waals surface area contributed by atoms with Crippen LogP contribution in [0.15, 0.2) is 42.7 Å². The number of hydrogen-bond acceptors (Lipinski definition) is 15. The Kier molecular flexibility index (Phi) is 22.1. The van der Waals surface area contributed by atoms with Crippen LogP contribution in [0, 0.1) is 0 Å². The number of pyridine rings is 1. The third kappa shape index (κ3) is 17.1. The molecule has 0 saturated carbocycles. The van der Waals surface area contributed by atoms with Crippen LogP contribution in [0.3, 0.4) is 0 Å². The fourth-order valence-electron chi connectivity index (χ4n) is 5.89. The van der Waals surface area contributed by atoms with Crippen molar-refractivity contribution in [2.24, 2.45) is 0 Å². The van der Waals surface area contributed by atoms with Crippen molar-refractivity contribution < 1.29 is 52.9 Å². The number of aliphatic hydroxyl groups excluding tert-OH is 1. The molecule has 1 aliphatic heterocycles. The summed E-state index contributed by atoms with van der Waals surface area (Å²) in [4.78, 5) is 22.2. The van der Waals surface area contributed by atoms with Crippen molar-refractivity contribution in [1.82, 2.24) is 19.6 Å². The van der Waals surface area contributed by atoms with Crippen molar-refractivity contribution in [3.63, 3.8) is 0 Å². The van der Waals surface area contributed by atoms with E-state index >= 15 is 0 Å². The van der Waals surface area contributed by atoms with Crippen LogP contribution in [-0.4, -0.2) is 154 Å². The number of anilines is 2. The van der Waals surface area contributed by atoms with Gasteiger partial charge in [0.05, 0.1) is 98.7 Å². The van der Waals surface area contributed by atoms with E-state index in [0.717, 1.165) is 66.7 Å². The van der Waals surface area contributed by atoms with Gasteiger partial charge in [0.1, 0.15) is 18.2 Å². The van der Waals surface area contributed by atoms with Crippen LogP contribution >= 0.6 is 0 Å². The molecule has 3 aromatic heterocycles. The van der Waals surface area contributed by atoms with Crippen molar-refractivity contribution in [2.45, 2.75) is 51.6 Å². The van der Waals surface area contributed by atoms with E-state index in [-0.39, 0.29) is 19.3 Å². The molecule has 4 heterocycles. The molecular weight excluding hydrogens is 728 g/mol. The highest BCUT2D eigenvalue weighted by atomic mass is 16.6. The second-order valence-electron chi connectivity index (χ2n) is 12.8. The predicted octanol–water partition coefficient (Wildman–Crippen LogP) is 3.18. The van der Waals surface area contributed by atoms with Gasteiger partial charge in [-0.2, -0.15) is 9.61 Å². The number of rotatable bonds is 32. The summed E-state index contributed by atoms with van der Waals surface area (Å²) in [5.74, 6) is 1.32. The van der Waals surface area contributed by atoms with E-state index < -0.39 is 5.97 Å². The van der Waals surface area contributed by atoms with Crippen LogP contribution in [0.5, 0.6) is 5.88 Å². The van der Waals surface area contributed by atoms with Gasteiger partial charge in [-0.25, -0.2) is 14.8 Å². The number of fused-ring (bicyclic) bond motifs is 1. The van der Waals surface area contributed by atoms with Gasteiger partial charge in [-0.3, -0.25) is 0 Å². The fraction of sp³-hybridized carbons (Fsp3) is 0.641. The summed E-state index contributed by atoms with van der Waals surface area (Å²) in [5, 5.41) is 26.3.